The van der Waals surface area contributed by atoms with E-state index in [9.17, 15) is 4.79 Å². The van der Waals surface area contributed by atoms with Crippen LogP contribution in [0.1, 0.15) is 48.3 Å². The summed E-state index contributed by atoms with van der Waals surface area (Å²) >= 11 is 0. The van der Waals surface area contributed by atoms with Gasteiger partial charge in [0.25, 0.3) is 5.91 Å². The van der Waals surface area contributed by atoms with Gasteiger partial charge in [0.2, 0.25) is 0 Å². The number of carbonyl (C=O) groups is 1. The standard InChI is InChI=1S/C20H26N4O2/c1-3-14-7-5-8-15(4-2)19(14)24-20(25)17-11-18(23-13-22-17)21-12-16-9-6-10-26-16/h5,7-8,11,13,16H,3-4,6,9-10,12H2,1-2H3,(H,24,25)(H,21,22,23). The summed E-state index contributed by atoms with van der Waals surface area (Å²) in [7, 11) is 0. The van der Waals surface area contributed by atoms with Crippen LogP contribution in [0.3, 0.4) is 0 Å². The van der Waals surface area contributed by atoms with E-state index in [1.54, 1.807) is 6.07 Å². The minimum absolute atomic E-state index is 0.214. The Hall–Kier alpha value is -2.47. The van der Waals surface area contributed by atoms with Crippen LogP contribution in [0.5, 0.6) is 0 Å². The van der Waals surface area contributed by atoms with Crippen molar-refractivity contribution in [2.75, 3.05) is 23.8 Å². The monoisotopic (exact) mass is 354 g/mol. The molecule has 1 atom stereocenters. The van der Waals surface area contributed by atoms with Crippen LogP contribution in [0.25, 0.3) is 0 Å². The molecule has 6 nitrogen and oxygen atoms in total. The Morgan fingerprint density at radius 1 is 1.23 bits per heavy atom. The lowest BCUT2D eigenvalue weighted by atomic mass is 10.0. The van der Waals surface area contributed by atoms with E-state index in [1.165, 1.54) is 6.33 Å². The van der Waals surface area contributed by atoms with Crippen molar-refractivity contribution in [2.24, 2.45) is 0 Å². The first-order valence-corrected chi connectivity index (χ1v) is 9.30. The smallest absolute Gasteiger partial charge is 0.274 e. The van der Waals surface area contributed by atoms with Gasteiger partial charge in [0, 0.05) is 24.9 Å². The van der Waals surface area contributed by atoms with Crippen LogP contribution in [0, 0.1) is 0 Å². The minimum Gasteiger partial charge on any atom is -0.376 e. The van der Waals surface area contributed by atoms with Crippen LogP contribution >= 0.6 is 0 Å². The molecule has 1 amide bonds. The van der Waals surface area contributed by atoms with Gasteiger partial charge in [-0.1, -0.05) is 32.0 Å². The van der Waals surface area contributed by atoms with Crippen molar-refractivity contribution >= 4 is 17.4 Å². The number of rotatable bonds is 7. The molecule has 2 aromatic rings. The Morgan fingerprint density at radius 3 is 2.65 bits per heavy atom. The minimum atomic E-state index is -0.219. The second kappa shape index (κ2) is 8.76. The van der Waals surface area contributed by atoms with Crippen LogP contribution < -0.4 is 10.6 Å². The zero-order chi connectivity index (χ0) is 18.4. The van der Waals surface area contributed by atoms with Crippen molar-refractivity contribution in [3.05, 3.63) is 47.4 Å². The molecule has 3 rings (SSSR count). The molecule has 1 aliphatic heterocycles. The molecule has 1 aromatic heterocycles. The largest absolute Gasteiger partial charge is 0.376 e. The summed E-state index contributed by atoms with van der Waals surface area (Å²) in [4.78, 5) is 21.0. The molecule has 0 aliphatic carbocycles. The van der Waals surface area contributed by atoms with Gasteiger partial charge in [0.05, 0.1) is 6.10 Å². The maximum atomic E-state index is 12.7. The third-order valence-electron chi connectivity index (χ3n) is 4.67. The summed E-state index contributed by atoms with van der Waals surface area (Å²) in [6, 6.07) is 7.81. The van der Waals surface area contributed by atoms with E-state index in [2.05, 4.69) is 34.4 Å². The first-order chi connectivity index (χ1) is 12.7. The van der Waals surface area contributed by atoms with E-state index in [4.69, 9.17) is 4.74 Å². The highest BCUT2D eigenvalue weighted by Gasteiger charge is 2.16. The molecular formula is C20H26N4O2. The molecule has 0 spiro atoms. The Bertz CT molecular complexity index is 735. The number of nitrogens with zero attached hydrogens (tertiary/aromatic N) is 2. The second-order valence-corrected chi connectivity index (χ2v) is 6.42. The van der Waals surface area contributed by atoms with Crippen LogP contribution in [-0.2, 0) is 17.6 Å². The Morgan fingerprint density at radius 2 is 2.00 bits per heavy atom. The van der Waals surface area contributed by atoms with E-state index >= 15 is 0 Å². The average Bonchev–Trinajstić information content (AvgIpc) is 3.20. The van der Waals surface area contributed by atoms with Gasteiger partial charge in [-0.15, -0.1) is 0 Å². The van der Waals surface area contributed by atoms with Gasteiger partial charge < -0.3 is 15.4 Å². The van der Waals surface area contributed by atoms with Gasteiger partial charge in [0.15, 0.2) is 0 Å². The predicted molar refractivity (Wildman–Crippen MR) is 103 cm³/mol. The fraction of sp³-hybridized carbons (Fsp3) is 0.450. The van der Waals surface area contributed by atoms with E-state index in [0.717, 1.165) is 49.1 Å². The number of nitrogens with one attached hydrogen (secondary N) is 2. The van der Waals surface area contributed by atoms with Crippen LogP contribution in [-0.4, -0.2) is 35.1 Å². The molecule has 0 radical (unpaired) electrons. The Balaban J connectivity index is 1.71. The van der Waals surface area contributed by atoms with Crippen molar-refractivity contribution < 1.29 is 9.53 Å². The number of para-hydroxylation sites is 1. The van der Waals surface area contributed by atoms with Crippen LogP contribution in [0.4, 0.5) is 11.5 Å². The number of amides is 1. The number of aryl methyl sites for hydroxylation is 2. The third kappa shape index (κ3) is 4.38. The lowest BCUT2D eigenvalue weighted by molar-refractivity contribution is 0.102. The molecule has 6 heteroatoms. The van der Waals surface area contributed by atoms with Gasteiger partial charge >= 0.3 is 0 Å². The number of anilines is 2. The molecule has 2 heterocycles. The summed E-state index contributed by atoms with van der Waals surface area (Å²) in [6.45, 7) is 5.68. The summed E-state index contributed by atoms with van der Waals surface area (Å²) in [5.41, 5.74) is 3.50. The quantitative estimate of drug-likeness (QED) is 0.796. The van der Waals surface area contributed by atoms with Gasteiger partial charge in [-0.3, -0.25) is 4.79 Å². The maximum Gasteiger partial charge on any atom is 0.274 e. The zero-order valence-electron chi connectivity index (χ0n) is 15.4. The van der Waals surface area contributed by atoms with Gasteiger partial charge in [0.1, 0.15) is 17.8 Å². The molecule has 0 saturated carbocycles. The number of benzene rings is 1. The van der Waals surface area contributed by atoms with Gasteiger partial charge in [-0.2, -0.15) is 0 Å². The fourth-order valence-corrected chi connectivity index (χ4v) is 3.18. The van der Waals surface area contributed by atoms with Gasteiger partial charge in [-0.25, -0.2) is 9.97 Å². The highest BCUT2D eigenvalue weighted by Crippen LogP contribution is 2.23. The molecule has 1 unspecified atom stereocenters. The lowest BCUT2D eigenvalue weighted by Gasteiger charge is -2.15. The zero-order valence-corrected chi connectivity index (χ0v) is 15.4. The van der Waals surface area contributed by atoms with Crippen molar-refractivity contribution in [1.82, 2.24) is 9.97 Å². The first kappa shape index (κ1) is 18.3. The first-order valence-electron chi connectivity index (χ1n) is 9.30. The SMILES string of the molecule is CCc1cccc(CC)c1NC(=O)c1cc(NCC2CCCO2)ncn1. The molecule has 26 heavy (non-hydrogen) atoms. The number of hydrogen-bond donors (Lipinski definition) is 2. The van der Waals surface area contributed by atoms with E-state index in [-0.39, 0.29) is 12.0 Å². The molecule has 1 saturated heterocycles. The van der Waals surface area contributed by atoms with E-state index < -0.39 is 0 Å². The highest BCUT2D eigenvalue weighted by molar-refractivity contribution is 6.04. The molecular weight excluding hydrogens is 328 g/mol. The lowest BCUT2D eigenvalue weighted by Crippen LogP contribution is -2.20. The third-order valence-corrected chi connectivity index (χ3v) is 4.67. The van der Waals surface area contributed by atoms with E-state index in [1.807, 2.05) is 18.2 Å². The Labute approximate surface area is 154 Å². The summed E-state index contributed by atoms with van der Waals surface area (Å²) in [6.07, 6.45) is 5.51. The number of ether oxygens (including phenoxy) is 1. The summed E-state index contributed by atoms with van der Waals surface area (Å²) in [5, 5.41) is 6.27. The molecule has 2 N–H and O–H groups in total. The van der Waals surface area contributed by atoms with Crippen molar-refractivity contribution in [1.29, 1.82) is 0 Å². The van der Waals surface area contributed by atoms with Crippen molar-refractivity contribution in [2.45, 2.75) is 45.6 Å². The van der Waals surface area contributed by atoms with Crippen molar-refractivity contribution in [3.8, 4) is 0 Å². The van der Waals surface area contributed by atoms with Crippen LogP contribution in [0.15, 0.2) is 30.6 Å². The summed E-state index contributed by atoms with van der Waals surface area (Å²) < 4.78 is 5.60. The Kier molecular flexibility index (Phi) is 6.17. The topological polar surface area (TPSA) is 76.1 Å². The van der Waals surface area contributed by atoms with Crippen LogP contribution in [0.2, 0.25) is 0 Å². The molecule has 1 aromatic carbocycles. The normalized spacial score (nSPS) is 16.5. The number of carbonyl (C=O) groups excluding carboxylic acids is 1. The predicted octanol–water partition coefficient (Wildman–Crippen LogP) is 3.44. The van der Waals surface area contributed by atoms with E-state index in [0.29, 0.717) is 18.1 Å². The fourth-order valence-electron chi connectivity index (χ4n) is 3.18. The molecule has 1 fully saturated rings. The number of hydrogen-bond acceptors (Lipinski definition) is 5. The highest BCUT2D eigenvalue weighted by atomic mass is 16.5. The maximum absolute atomic E-state index is 12.7. The number of aromatic nitrogens is 2. The van der Waals surface area contributed by atoms with Crippen molar-refractivity contribution in [3.63, 3.8) is 0 Å². The molecule has 1 aliphatic rings. The average molecular weight is 354 g/mol. The van der Waals surface area contributed by atoms with Gasteiger partial charge in [-0.05, 0) is 36.8 Å². The summed E-state index contributed by atoms with van der Waals surface area (Å²) in [5.74, 6) is 0.420. The molecule has 138 valence electrons. The molecule has 0 bridgehead atoms. The second-order valence-electron chi connectivity index (χ2n) is 6.42.